The predicted octanol–water partition coefficient (Wildman–Crippen LogP) is 5.51. The lowest BCUT2D eigenvalue weighted by Crippen LogP contribution is -2.44. The van der Waals surface area contributed by atoms with E-state index in [0.29, 0.717) is 11.8 Å². The van der Waals surface area contributed by atoms with Gasteiger partial charge in [0.2, 0.25) is 0 Å². The van der Waals surface area contributed by atoms with Crippen LogP contribution in [-0.4, -0.2) is 30.8 Å². The normalized spacial score (nSPS) is 14.4. The van der Waals surface area contributed by atoms with E-state index in [2.05, 4.69) is 11.2 Å². The van der Waals surface area contributed by atoms with Gasteiger partial charge in [-0.2, -0.15) is 21.6 Å². The standard InChI is InChI=1S/C22H24F3NO5S/c1-2-3-4-5-6-7-8-10-15-13-16-11-9-12-17-19(16)18(14-15)21(28)26(20(17)27)31-32(29,30)22(23,24)25/h9,11-14H,2-8,10H2,1H3. The molecule has 0 saturated heterocycles. The van der Waals surface area contributed by atoms with Crippen molar-refractivity contribution in [3.63, 3.8) is 0 Å². The van der Waals surface area contributed by atoms with Crippen LogP contribution in [0.25, 0.3) is 10.8 Å². The third-order valence-corrected chi connectivity index (χ3v) is 6.30. The average Bonchev–Trinajstić information content (AvgIpc) is 2.73. The minimum atomic E-state index is -6.19. The summed E-state index contributed by atoms with van der Waals surface area (Å²) < 4.78 is 65.0. The summed E-state index contributed by atoms with van der Waals surface area (Å²) in [5.74, 6) is -2.51. The topological polar surface area (TPSA) is 80.8 Å². The third-order valence-electron chi connectivity index (χ3n) is 5.39. The second-order valence-electron chi connectivity index (χ2n) is 7.80. The largest absolute Gasteiger partial charge is 0.525 e. The van der Waals surface area contributed by atoms with Crippen LogP contribution in [0.4, 0.5) is 13.2 Å². The van der Waals surface area contributed by atoms with Gasteiger partial charge in [-0.15, -0.1) is 9.35 Å². The first-order valence-electron chi connectivity index (χ1n) is 10.5. The van der Waals surface area contributed by atoms with Gasteiger partial charge in [-0.3, -0.25) is 9.59 Å². The highest BCUT2D eigenvalue weighted by Gasteiger charge is 2.51. The number of hydrogen-bond donors (Lipinski definition) is 0. The molecule has 0 aliphatic carbocycles. The smallest absolute Gasteiger partial charge is 0.266 e. The maximum atomic E-state index is 12.8. The first kappa shape index (κ1) is 24.2. The Hall–Kier alpha value is -2.46. The summed E-state index contributed by atoms with van der Waals surface area (Å²) in [5, 5.41) is 0.533. The average molecular weight is 471 g/mol. The van der Waals surface area contributed by atoms with Crippen LogP contribution in [0.15, 0.2) is 30.3 Å². The number of amides is 2. The quantitative estimate of drug-likeness (QED) is 0.259. The Bertz CT molecular complexity index is 1130. The van der Waals surface area contributed by atoms with Gasteiger partial charge in [-0.1, -0.05) is 63.6 Å². The highest BCUT2D eigenvalue weighted by Crippen LogP contribution is 2.34. The van der Waals surface area contributed by atoms with Crippen LogP contribution in [0.2, 0.25) is 0 Å². The summed E-state index contributed by atoms with van der Waals surface area (Å²) in [6, 6.07) is 7.85. The lowest BCUT2D eigenvalue weighted by molar-refractivity contribution is -0.0761. The minimum Gasteiger partial charge on any atom is -0.266 e. The van der Waals surface area contributed by atoms with Crippen LogP contribution in [0.5, 0.6) is 0 Å². The van der Waals surface area contributed by atoms with Gasteiger partial charge >= 0.3 is 15.6 Å². The van der Waals surface area contributed by atoms with E-state index in [-0.39, 0.29) is 21.6 Å². The molecular formula is C22H24F3NO5S. The number of carbonyl (C=O) groups excluding carboxylic acids is 2. The van der Waals surface area contributed by atoms with Crippen LogP contribution < -0.4 is 0 Å². The van der Waals surface area contributed by atoms with Gasteiger partial charge in [-0.05, 0) is 35.9 Å². The number of rotatable bonds is 10. The van der Waals surface area contributed by atoms with E-state index >= 15 is 0 Å². The molecule has 0 radical (unpaired) electrons. The van der Waals surface area contributed by atoms with E-state index in [4.69, 9.17) is 0 Å². The highest BCUT2D eigenvalue weighted by atomic mass is 32.2. The Morgan fingerprint density at radius 2 is 1.53 bits per heavy atom. The summed E-state index contributed by atoms with van der Waals surface area (Å²) in [6.45, 7) is 2.15. The second kappa shape index (κ2) is 9.58. The highest BCUT2D eigenvalue weighted by molar-refractivity contribution is 7.87. The molecule has 3 rings (SSSR count). The van der Waals surface area contributed by atoms with Crippen LogP contribution in [0.3, 0.4) is 0 Å². The van der Waals surface area contributed by atoms with Gasteiger partial charge in [0.25, 0.3) is 11.8 Å². The molecule has 2 aromatic rings. The van der Waals surface area contributed by atoms with Crippen molar-refractivity contribution in [1.82, 2.24) is 5.06 Å². The van der Waals surface area contributed by atoms with Crippen molar-refractivity contribution in [2.75, 3.05) is 0 Å². The molecule has 6 nitrogen and oxygen atoms in total. The fourth-order valence-electron chi connectivity index (χ4n) is 3.79. The number of carbonyl (C=O) groups is 2. The molecular weight excluding hydrogens is 447 g/mol. The molecule has 0 aromatic heterocycles. The molecule has 1 aliphatic rings. The van der Waals surface area contributed by atoms with Gasteiger partial charge in [0.15, 0.2) is 0 Å². The molecule has 0 atom stereocenters. The lowest BCUT2D eigenvalue weighted by Gasteiger charge is -2.26. The Morgan fingerprint density at radius 3 is 2.19 bits per heavy atom. The molecule has 32 heavy (non-hydrogen) atoms. The van der Waals surface area contributed by atoms with E-state index < -0.39 is 27.4 Å². The second-order valence-corrected chi connectivity index (χ2v) is 9.32. The molecule has 0 spiro atoms. The molecule has 2 aromatic carbocycles. The van der Waals surface area contributed by atoms with Gasteiger partial charge in [0, 0.05) is 5.39 Å². The monoisotopic (exact) mass is 471 g/mol. The maximum Gasteiger partial charge on any atom is 0.525 e. The first-order chi connectivity index (χ1) is 15.1. The number of hydrogen-bond acceptors (Lipinski definition) is 5. The number of alkyl halides is 3. The molecule has 10 heteroatoms. The number of nitrogens with zero attached hydrogens (tertiary/aromatic N) is 1. The zero-order valence-electron chi connectivity index (χ0n) is 17.6. The summed E-state index contributed by atoms with van der Waals surface area (Å²) in [6.07, 6.45) is 8.33. The van der Waals surface area contributed by atoms with Crippen LogP contribution in [0, 0.1) is 0 Å². The van der Waals surface area contributed by atoms with E-state index in [9.17, 15) is 31.2 Å². The molecule has 1 aliphatic heterocycles. The van der Waals surface area contributed by atoms with E-state index in [1.807, 2.05) is 6.07 Å². The maximum absolute atomic E-state index is 12.8. The molecule has 0 fully saturated rings. The zero-order valence-corrected chi connectivity index (χ0v) is 18.4. The molecule has 2 amide bonds. The predicted molar refractivity (Wildman–Crippen MR) is 112 cm³/mol. The van der Waals surface area contributed by atoms with Crippen molar-refractivity contribution in [3.8, 4) is 0 Å². The first-order valence-corrected chi connectivity index (χ1v) is 11.9. The van der Waals surface area contributed by atoms with E-state index in [0.717, 1.165) is 31.2 Å². The Morgan fingerprint density at radius 1 is 0.906 bits per heavy atom. The molecule has 1 heterocycles. The molecule has 0 N–H and O–H groups in total. The summed E-state index contributed by atoms with van der Waals surface area (Å²) >= 11 is 0. The Balaban J connectivity index is 1.85. The van der Waals surface area contributed by atoms with Crippen molar-refractivity contribution in [2.45, 2.75) is 63.8 Å². The molecule has 0 unspecified atom stereocenters. The van der Waals surface area contributed by atoms with Crippen molar-refractivity contribution in [3.05, 3.63) is 47.0 Å². The zero-order chi connectivity index (χ0) is 23.5. The van der Waals surface area contributed by atoms with E-state index in [1.165, 1.54) is 37.5 Å². The fourth-order valence-corrected chi connectivity index (χ4v) is 4.20. The van der Waals surface area contributed by atoms with Crippen molar-refractivity contribution in [1.29, 1.82) is 0 Å². The Kier molecular flexibility index (Phi) is 7.24. The summed E-state index contributed by atoms with van der Waals surface area (Å²) in [4.78, 5) is 25.4. The summed E-state index contributed by atoms with van der Waals surface area (Å²) in [7, 11) is -6.19. The molecule has 0 bridgehead atoms. The molecule has 174 valence electrons. The minimum absolute atomic E-state index is 0.0620. The van der Waals surface area contributed by atoms with Gasteiger partial charge in [0.05, 0.1) is 11.1 Å². The number of benzene rings is 2. The number of halogens is 3. The van der Waals surface area contributed by atoms with Crippen molar-refractivity contribution < 1.29 is 35.5 Å². The van der Waals surface area contributed by atoms with Crippen molar-refractivity contribution >= 4 is 32.7 Å². The number of hydroxylamine groups is 2. The van der Waals surface area contributed by atoms with Gasteiger partial charge in [-0.25, -0.2) is 0 Å². The number of imide groups is 1. The Labute approximate surface area is 184 Å². The van der Waals surface area contributed by atoms with Gasteiger partial charge in [0.1, 0.15) is 0 Å². The number of aryl methyl sites for hydroxylation is 1. The molecule has 0 saturated carbocycles. The van der Waals surface area contributed by atoms with Gasteiger partial charge < -0.3 is 0 Å². The SMILES string of the molecule is CCCCCCCCCc1cc2c3c(cccc3c1)C(=O)N(OS(=O)(=O)C(F)(F)F)C2=O. The van der Waals surface area contributed by atoms with Crippen LogP contribution in [-0.2, 0) is 20.8 Å². The lowest BCUT2D eigenvalue weighted by atomic mass is 9.91. The van der Waals surface area contributed by atoms with Crippen LogP contribution in [0.1, 0.15) is 78.1 Å². The van der Waals surface area contributed by atoms with E-state index in [1.54, 1.807) is 6.07 Å². The van der Waals surface area contributed by atoms with Crippen LogP contribution >= 0.6 is 0 Å². The number of unbranched alkanes of at least 4 members (excludes halogenated alkanes) is 6. The fraction of sp³-hybridized carbons (Fsp3) is 0.455. The van der Waals surface area contributed by atoms with Crippen molar-refractivity contribution in [2.24, 2.45) is 0 Å². The summed E-state index contributed by atoms with van der Waals surface area (Å²) in [5.41, 5.74) is -5.16. The third kappa shape index (κ3) is 4.96.